The van der Waals surface area contributed by atoms with Crippen molar-refractivity contribution in [2.24, 2.45) is 0 Å². The number of ether oxygens (including phenoxy) is 2. The largest absolute Gasteiger partial charge is 0.457 e. The summed E-state index contributed by atoms with van der Waals surface area (Å²) in [5.74, 6) is 1.51. The van der Waals surface area contributed by atoms with Crippen LogP contribution in [0.1, 0.15) is 39.7 Å². The van der Waals surface area contributed by atoms with Gasteiger partial charge in [-0.1, -0.05) is 11.6 Å². The molecule has 0 bridgehead atoms. The molecule has 3 heterocycles. The van der Waals surface area contributed by atoms with Crippen molar-refractivity contribution < 1.29 is 14.3 Å². The summed E-state index contributed by atoms with van der Waals surface area (Å²) in [5, 5.41) is 0.627. The maximum absolute atomic E-state index is 13.9. The first-order valence-corrected chi connectivity index (χ1v) is 12.9. The number of likely N-dealkylation sites (tertiary alicyclic amines) is 1. The van der Waals surface area contributed by atoms with E-state index < -0.39 is 5.60 Å². The van der Waals surface area contributed by atoms with Crippen molar-refractivity contribution in [1.82, 2.24) is 19.0 Å². The van der Waals surface area contributed by atoms with Crippen molar-refractivity contribution in [1.29, 1.82) is 0 Å². The van der Waals surface area contributed by atoms with Crippen LogP contribution in [0.15, 0.2) is 65.6 Å². The quantitative estimate of drug-likeness (QED) is 0.355. The van der Waals surface area contributed by atoms with E-state index in [9.17, 15) is 9.59 Å². The molecule has 0 spiro atoms. The van der Waals surface area contributed by atoms with Gasteiger partial charge in [-0.05, 0) is 88.2 Å². The smallest absolute Gasteiger partial charge is 0.410 e. The predicted molar refractivity (Wildman–Crippen MR) is 147 cm³/mol. The lowest BCUT2D eigenvalue weighted by molar-refractivity contribution is 0.0173. The molecular weight excluding hydrogens is 506 g/mol. The molecule has 5 rings (SSSR count). The Hall–Kier alpha value is -3.98. The molecule has 10 heteroatoms. The number of halogens is 1. The number of fused-ring (bicyclic) bond motifs is 1. The number of pyridine rings is 1. The lowest BCUT2D eigenvalue weighted by atomic mass is 10.1. The first-order valence-electron chi connectivity index (χ1n) is 12.5. The molecule has 1 atom stereocenters. The van der Waals surface area contributed by atoms with Gasteiger partial charge in [0, 0.05) is 24.3 Å². The number of hydrogen-bond acceptors (Lipinski definition) is 6. The molecule has 9 nitrogen and oxygen atoms in total. The number of carbonyl (C=O) groups excluding carboxylic acids is 1. The summed E-state index contributed by atoms with van der Waals surface area (Å²) in [6, 6.07) is 15.8. The van der Waals surface area contributed by atoms with E-state index in [0.29, 0.717) is 46.3 Å². The summed E-state index contributed by atoms with van der Waals surface area (Å²) in [6.07, 6.45) is 2.71. The highest BCUT2D eigenvalue weighted by Crippen LogP contribution is 2.30. The maximum Gasteiger partial charge on any atom is 0.410 e. The predicted octanol–water partition coefficient (Wildman–Crippen LogP) is 5.79. The molecule has 4 aromatic rings. The summed E-state index contributed by atoms with van der Waals surface area (Å²) in [4.78, 5) is 32.6. The maximum atomic E-state index is 13.9. The Morgan fingerprint density at radius 3 is 2.37 bits per heavy atom. The molecule has 1 saturated heterocycles. The molecule has 1 aliphatic heterocycles. The third-order valence-corrected chi connectivity index (χ3v) is 6.62. The molecule has 2 N–H and O–H groups in total. The number of piperidine rings is 1. The molecule has 198 valence electrons. The Labute approximate surface area is 225 Å². The van der Waals surface area contributed by atoms with E-state index in [-0.39, 0.29) is 23.6 Å². The van der Waals surface area contributed by atoms with Crippen LogP contribution < -0.4 is 16.2 Å². The molecule has 2 aromatic heterocycles. The van der Waals surface area contributed by atoms with Crippen molar-refractivity contribution in [2.45, 2.75) is 45.3 Å². The fourth-order valence-electron chi connectivity index (χ4n) is 4.74. The van der Waals surface area contributed by atoms with Crippen LogP contribution in [-0.4, -0.2) is 43.8 Å². The molecule has 1 amide bonds. The van der Waals surface area contributed by atoms with Gasteiger partial charge in [0.15, 0.2) is 0 Å². The van der Waals surface area contributed by atoms with E-state index >= 15 is 0 Å². The molecular formula is C28H30ClN5O4. The van der Waals surface area contributed by atoms with Crippen LogP contribution in [0.2, 0.25) is 5.02 Å². The first kappa shape index (κ1) is 25.7. The highest BCUT2D eigenvalue weighted by molar-refractivity contribution is 6.30. The summed E-state index contributed by atoms with van der Waals surface area (Å²) >= 11 is 5.95. The highest BCUT2D eigenvalue weighted by Gasteiger charge is 2.31. The van der Waals surface area contributed by atoms with E-state index in [4.69, 9.17) is 26.8 Å². The van der Waals surface area contributed by atoms with Crippen LogP contribution in [-0.2, 0) is 4.74 Å². The van der Waals surface area contributed by atoms with Gasteiger partial charge in [-0.3, -0.25) is 9.13 Å². The van der Waals surface area contributed by atoms with Gasteiger partial charge in [-0.25, -0.2) is 14.6 Å². The van der Waals surface area contributed by atoms with E-state index in [1.54, 1.807) is 74.8 Å². The minimum Gasteiger partial charge on any atom is -0.457 e. The minimum atomic E-state index is -0.597. The topological polar surface area (TPSA) is 105 Å². The SMILES string of the molecule is CC(C)(C)OC(=O)N1CCC[C@@H](n2c(=O)n(-c3ccc(Oc4ccc(Cl)cc4)cc3)c3c(N)nccc32)C1. The van der Waals surface area contributed by atoms with Gasteiger partial charge in [0.2, 0.25) is 0 Å². The Bertz CT molecular complexity index is 1520. The standard InChI is InChI=1S/C28H30ClN5O4/c1-28(2,3)38-27(36)32-16-4-5-20(17-32)33-23-14-15-31-25(30)24(23)34(26(33)35)19-8-12-22(13-9-19)37-21-10-6-18(29)7-11-21/h6-15,20H,4-5,16-17H2,1-3H3,(H2,30,31)/t20-/m1/s1. The van der Waals surface area contributed by atoms with Gasteiger partial charge >= 0.3 is 11.8 Å². The summed E-state index contributed by atoms with van der Waals surface area (Å²) < 4.78 is 14.8. The number of hydrogen-bond donors (Lipinski definition) is 1. The average molecular weight is 536 g/mol. The van der Waals surface area contributed by atoms with Crippen LogP contribution in [0.25, 0.3) is 16.7 Å². The summed E-state index contributed by atoms with van der Waals surface area (Å²) in [5.41, 5.74) is 7.27. The minimum absolute atomic E-state index is 0.234. The lowest BCUT2D eigenvalue weighted by Crippen LogP contribution is -2.45. The van der Waals surface area contributed by atoms with E-state index in [2.05, 4.69) is 4.98 Å². The second-order valence-electron chi connectivity index (χ2n) is 10.3. The van der Waals surface area contributed by atoms with E-state index in [1.165, 1.54) is 0 Å². The van der Waals surface area contributed by atoms with Gasteiger partial charge in [-0.2, -0.15) is 0 Å². The van der Waals surface area contributed by atoms with Gasteiger partial charge in [0.05, 0.1) is 17.2 Å². The van der Waals surface area contributed by atoms with Gasteiger partial charge in [0.1, 0.15) is 28.4 Å². The first-order chi connectivity index (χ1) is 18.1. The van der Waals surface area contributed by atoms with Crippen LogP contribution in [0.3, 0.4) is 0 Å². The van der Waals surface area contributed by atoms with E-state index in [0.717, 1.165) is 12.8 Å². The summed E-state index contributed by atoms with van der Waals surface area (Å²) in [6.45, 7) is 6.46. The number of nitrogen functional groups attached to an aromatic ring is 1. The third-order valence-electron chi connectivity index (χ3n) is 6.37. The summed E-state index contributed by atoms with van der Waals surface area (Å²) in [7, 11) is 0. The second kappa shape index (κ2) is 10.1. The molecule has 0 radical (unpaired) electrons. The van der Waals surface area contributed by atoms with Crippen molar-refractivity contribution in [3.05, 3.63) is 76.3 Å². The highest BCUT2D eigenvalue weighted by atomic mass is 35.5. The second-order valence-corrected chi connectivity index (χ2v) is 10.8. The molecule has 0 saturated carbocycles. The van der Waals surface area contributed by atoms with Crippen LogP contribution in [0.4, 0.5) is 10.6 Å². The fourth-order valence-corrected chi connectivity index (χ4v) is 4.87. The number of aromatic nitrogens is 3. The van der Waals surface area contributed by atoms with Gasteiger partial charge in [0.25, 0.3) is 0 Å². The number of imidazole rings is 1. The fraction of sp³-hybridized carbons (Fsp3) is 0.321. The van der Waals surface area contributed by atoms with Crippen molar-refractivity contribution >= 4 is 34.5 Å². The Kier molecular flexibility index (Phi) is 6.79. The number of benzene rings is 2. The van der Waals surface area contributed by atoms with Crippen molar-refractivity contribution in [3.8, 4) is 17.2 Å². The van der Waals surface area contributed by atoms with Crippen LogP contribution in [0, 0.1) is 0 Å². The Morgan fingerprint density at radius 1 is 1.05 bits per heavy atom. The normalized spacial score (nSPS) is 16.0. The molecule has 38 heavy (non-hydrogen) atoms. The monoisotopic (exact) mass is 535 g/mol. The molecule has 0 aliphatic carbocycles. The van der Waals surface area contributed by atoms with Gasteiger partial charge < -0.3 is 20.1 Å². The molecule has 0 unspecified atom stereocenters. The molecule has 1 fully saturated rings. The van der Waals surface area contributed by atoms with Crippen LogP contribution in [0.5, 0.6) is 11.5 Å². The molecule has 1 aliphatic rings. The average Bonchev–Trinajstić information content (AvgIpc) is 3.18. The number of amides is 1. The number of carbonyl (C=O) groups is 1. The van der Waals surface area contributed by atoms with Crippen molar-refractivity contribution in [3.63, 3.8) is 0 Å². The third kappa shape index (κ3) is 5.19. The Balaban J connectivity index is 1.49. The van der Waals surface area contributed by atoms with Crippen LogP contribution >= 0.6 is 11.6 Å². The molecule has 2 aromatic carbocycles. The number of nitrogens with zero attached hydrogens (tertiary/aromatic N) is 4. The lowest BCUT2D eigenvalue weighted by Gasteiger charge is -2.34. The number of anilines is 1. The Morgan fingerprint density at radius 2 is 1.71 bits per heavy atom. The van der Waals surface area contributed by atoms with Gasteiger partial charge in [-0.15, -0.1) is 0 Å². The van der Waals surface area contributed by atoms with Crippen molar-refractivity contribution in [2.75, 3.05) is 18.8 Å². The zero-order valence-electron chi connectivity index (χ0n) is 21.6. The number of rotatable bonds is 4. The zero-order valence-corrected chi connectivity index (χ0v) is 22.3. The zero-order chi connectivity index (χ0) is 27.0. The number of nitrogens with two attached hydrogens (primary N) is 1. The van der Waals surface area contributed by atoms with E-state index in [1.807, 2.05) is 20.8 Å².